The molecular weight excluding hydrogens is 723 g/mol. The SMILES string of the molecule is CCCCN1/C(=C/C=C2\CCC(/C=C/C3=[N+](CCCC)c4ccccc4C3(C)C)=C2OC(c2cc[n+](-c3ccc(OC)cc3)cc2)C(C)(C)C)C(C)(C)c2ccccc21. The van der Waals surface area contributed by atoms with E-state index < -0.39 is 0 Å². The Labute approximate surface area is 355 Å². The molecule has 3 heterocycles. The van der Waals surface area contributed by atoms with Gasteiger partial charge in [0, 0.05) is 82.7 Å². The maximum Gasteiger partial charge on any atom is 0.210 e. The molecule has 3 aliphatic rings. The molecule has 59 heavy (non-hydrogen) atoms. The van der Waals surface area contributed by atoms with Gasteiger partial charge in [-0.1, -0.05) is 104 Å². The Kier molecular flexibility index (Phi) is 12.2. The molecule has 7 rings (SSSR count). The summed E-state index contributed by atoms with van der Waals surface area (Å²) in [6.07, 6.45) is 20.2. The van der Waals surface area contributed by atoms with Crippen molar-refractivity contribution in [3.63, 3.8) is 0 Å². The first-order chi connectivity index (χ1) is 28.3. The molecule has 0 spiro atoms. The second kappa shape index (κ2) is 17.2. The summed E-state index contributed by atoms with van der Waals surface area (Å²) in [6, 6.07) is 30.6. The highest BCUT2D eigenvalue weighted by molar-refractivity contribution is 6.03. The molecule has 0 saturated heterocycles. The van der Waals surface area contributed by atoms with Gasteiger partial charge in [-0.2, -0.15) is 9.14 Å². The average Bonchev–Trinajstić information content (AvgIpc) is 3.79. The molecule has 0 fully saturated rings. The maximum absolute atomic E-state index is 7.47. The second-order valence-corrected chi connectivity index (χ2v) is 18.7. The molecule has 5 nitrogen and oxygen atoms in total. The summed E-state index contributed by atoms with van der Waals surface area (Å²) in [5, 5.41) is 0. The number of ether oxygens (including phenoxy) is 2. The molecule has 5 heteroatoms. The Bertz CT molecular complexity index is 2290. The smallest absolute Gasteiger partial charge is 0.210 e. The molecule has 0 amide bonds. The Morgan fingerprint density at radius 2 is 1.44 bits per heavy atom. The van der Waals surface area contributed by atoms with E-state index in [1.807, 2.05) is 12.1 Å². The van der Waals surface area contributed by atoms with Crippen LogP contribution in [0, 0.1) is 5.41 Å². The van der Waals surface area contributed by atoms with Gasteiger partial charge in [0.1, 0.15) is 24.2 Å². The Morgan fingerprint density at radius 3 is 2.12 bits per heavy atom. The van der Waals surface area contributed by atoms with E-state index in [-0.39, 0.29) is 22.3 Å². The van der Waals surface area contributed by atoms with Gasteiger partial charge in [0.15, 0.2) is 18.1 Å². The summed E-state index contributed by atoms with van der Waals surface area (Å²) in [6.45, 7) is 23.0. The van der Waals surface area contributed by atoms with Gasteiger partial charge >= 0.3 is 0 Å². The van der Waals surface area contributed by atoms with Crippen molar-refractivity contribution in [2.45, 2.75) is 118 Å². The van der Waals surface area contributed by atoms with Crippen molar-refractivity contribution < 1.29 is 18.6 Å². The highest BCUT2D eigenvalue weighted by Gasteiger charge is 2.44. The number of nitrogens with zero attached hydrogens (tertiary/aromatic N) is 3. The van der Waals surface area contributed by atoms with Crippen LogP contribution in [0.5, 0.6) is 5.75 Å². The quantitative estimate of drug-likeness (QED) is 0.119. The molecule has 0 radical (unpaired) electrons. The number of para-hydroxylation sites is 2. The molecule has 2 aliphatic heterocycles. The van der Waals surface area contributed by atoms with Crippen molar-refractivity contribution in [3.8, 4) is 11.4 Å². The van der Waals surface area contributed by atoms with Gasteiger partial charge in [0.25, 0.3) is 0 Å². The fourth-order valence-corrected chi connectivity index (χ4v) is 9.33. The van der Waals surface area contributed by atoms with Crippen molar-refractivity contribution in [2.24, 2.45) is 5.41 Å². The average molecular weight is 790 g/mol. The van der Waals surface area contributed by atoms with Crippen LogP contribution in [0.2, 0.25) is 0 Å². The zero-order valence-electron chi connectivity index (χ0n) is 37.4. The normalized spacial score (nSPS) is 19.0. The van der Waals surface area contributed by atoms with Crippen LogP contribution in [-0.4, -0.2) is 30.5 Å². The fourth-order valence-electron chi connectivity index (χ4n) is 9.33. The van der Waals surface area contributed by atoms with E-state index in [2.05, 4.69) is 186 Å². The van der Waals surface area contributed by atoms with Gasteiger partial charge in [0.2, 0.25) is 11.4 Å². The lowest BCUT2D eigenvalue weighted by molar-refractivity contribution is -0.595. The maximum atomic E-state index is 7.47. The zero-order valence-corrected chi connectivity index (χ0v) is 37.4. The first kappa shape index (κ1) is 42.0. The first-order valence-electron chi connectivity index (χ1n) is 22.1. The standard InChI is InChI=1S/C54H67N3O2/c1-11-13-35-56-46-21-17-15-19-44(46)53(6,7)48(56)31-25-39-23-24-40(26-32-49-54(8,9)45-20-16-18-22-47(45)57(49)36-14-12-2)50(39)59-51(52(3,4)5)41-33-37-55(38-34-41)42-27-29-43(58-10)30-28-42/h15-22,25-34,37-38,51H,11-14,23-24,35-36H2,1-10H3/q+2. The molecule has 1 aromatic heterocycles. The van der Waals surface area contributed by atoms with Crippen LogP contribution in [-0.2, 0) is 15.6 Å². The van der Waals surface area contributed by atoms with Crippen molar-refractivity contribution in [1.82, 2.24) is 0 Å². The molecule has 308 valence electrons. The third kappa shape index (κ3) is 8.36. The molecule has 0 N–H and O–H groups in total. The number of hydrogen-bond donors (Lipinski definition) is 0. The molecule has 4 aromatic rings. The van der Waals surface area contributed by atoms with Gasteiger partial charge in [-0.05, 0) is 80.2 Å². The number of anilines is 1. The minimum atomic E-state index is -0.173. The number of methoxy groups -OCH3 is 1. The van der Waals surface area contributed by atoms with E-state index in [1.165, 1.54) is 45.1 Å². The topological polar surface area (TPSA) is 28.6 Å². The molecule has 1 aliphatic carbocycles. The molecule has 1 atom stereocenters. The lowest BCUT2D eigenvalue weighted by Crippen LogP contribution is -2.30. The van der Waals surface area contributed by atoms with Crippen LogP contribution in [0.25, 0.3) is 5.69 Å². The molecule has 3 aromatic carbocycles. The predicted octanol–water partition coefficient (Wildman–Crippen LogP) is 13.0. The summed E-state index contributed by atoms with van der Waals surface area (Å²) in [7, 11) is 1.70. The summed E-state index contributed by atoms with van der Waals surface area (Å²) in [5.41, 5.74) is 12.6. The largest absolute Gasteiger partial charge is 0.497 e. The van der Waals surface area contributed by atoms with E-state index in [1.54, 1.807) is 7.11 Å². The van der Waals surface area contributed by atoms with Gasteiger partial charge in [-0.3, -0.25) is 0 Å². The van der Waals surface area contributed by atoms with Crippen LogP contribution in [0.1, 0.15) is 124 Å². The van der Waals surface area contributed by atoms with Crippen molar-refractivity contribution in [3.05, 3.63) is 161 Å². The number of hydrogen-bond acceptors (Lipinski definition) is 3. The second-order valence-electron chi connectivity index (χ2n) is 18.7. The van der Waals surface area contributed by atoms with E-state index >= 15 is 0 Å². The molecule has 1 unspecified atom stereocenters. The van der Waals surface area contributed by atoms with Crippen LogP contribution in [0.3, 0.4) is 0 Å². The minimum Gasteiger partial charge on any atom is -0.497 e. The van der Waals surface area contributed by atoms with E-state index in [0.717, 1.165) is 74.4 Å². The van der Waals surface area contributed by atoms with E-state index in [4.69, 9.17) is 9.47 Å². The first-order valence-corrected chi connectivity index (χ1v) is 22.1. The van der Waals surface area contributed by atoms with Gasteiger partial charge in [-0.15, -0.1) is 0 Å². The summed E-state index contributed by atoms with van der Waals surface area (Å²) in [5.74, 6) is 1.87. The van der Waals surface area contributed by atoms with Crippen LogP contribution in [0.15, 0.2) is 144 Å². The third-order valence-electron chi connectivity index (χ3n) is 12.8. The number of rotatable bonds is 14. The van der Waals surface area contributed by atoms with Crippen molar-refractivity contribution in [1.29, 1.82) is 0 Å². The van der Waals surface area contributed by atoms with Crippen LogP contribution >= 0.6 is 0 Å². The van der Waals surface area contributed by atoms with Gasteiger partial charge in [-0.25, -0.2) is 0 Å². The Morgan fingerprint density at radius 1 is 0.763 bits per heavy atom. The van der Waals surface area contributed by atoms with Gasteiger partial charge in [0.05, 0.1) is 12.5 Å². The minimum absolute atomic E-state index is 0.105. The highest BCUT2D eigenvalue weighted by Crippen LogP contribution is 2.49. The van der Waals surface area contributed by atoms with E-state index in [0.29, 0.717) is 0 Å². The fraction of sp³-hybridized carbons (Fsp3) is 0.407. The van der Waals surface area contributed by atoms with Crippen molar-refractivity contribution in [2.75, 3.05) is 25.1 Å². The Balaban J connectivity index is 1.32. The number of unbranched alkanes of at least 4 members (excludes halogenated alkanes) is 2. The molecule has 0 bridgehead atoms. The number of aromatic nitrogens is 1. The Hall–Kier alpha value is -5.16. The van der Waals surface area contributed by atoms with Gasteiger partial charge < -0.3 is 14.4 Å². The summed E-state index contributed by atoms with van der Waals surface area (Å²) < 4.78 is 17.6. The zero-order chi connectivity index (χ0) is 42.0. The lowest BCUT2D eigenvalue weighted by Gasteiger charge is -2.32. The summed E-state index contributed by atoms with van der Waals surface area (Å²) in [4.78, 5) is 2.57. The van der Waals surface area contributed by atoms with Crippen LogP contribution < -0.4 is 14.2 Å². The number of pyridine rings is 1. The molecular formula is C54H67N3O2+2. The highest BCUT2D eigenvalue weighted by atomic mass is 16.5. The number of benzene rings is 3. The predicted molar refractivity (Wildman–Crippen MR) is 245 cm³/mol. The van der Waals surface area contributed by atoms with E-state index in [9.17, 15) is 0 Å². The van der Waals surface area contributed by atoms with Crippen molar-refractivity contribution >= 4 is 17.1 Å². The molecule has 0 saturated carbocycles. The van der Waals surface area contributed by atoms with Crippen LogP contribution in [0.4, 0.5) is 11.4 Å². The third-order valence-corrected chi connectivity index (χ3v) is 12.8. The monoisotopic (exact) mass is 790 g/mol. The lowest BCUT2D eigenvalue weighted by atomic mass is 9.81. The number of allylic oxidation sites excluding steroid dienone is 7. The summed E-state index contributed by atoms with van der Waals surface area (Å²) >= 11 is 0. The number of fused-ring (bicyclic) bond motifs is 2.